The number of amides is 1. The van der Waals surface area contributed by atoms with Crippen molar-refractivity contribution in [1.82, 2.24) is 5.32 Å². The van der Waals surface area contributed by atoms with Crippen LogP contribution in [0.3, 0.4) is 0 Å². The molecule has 2 aliphatic rings. The number of aryl methyl sites for hydroxylation is 2. The molecule has 0 saturated heterocycles. The molecule has 3 aromatic rings. The van der Waals surface area contributed by atoms with E-state index in [4.69, 9.17) is 0 Å². The maximum Gasteiger partial charge on any atom is 0.254 e. The van der Waals surface area contributed by atoms with E-state index in [-0.39, 0.29) is 17.9 Å². The maximum atomic E-state index is 13.4. The molecule has 0 unspecified atom stereocenters. The predicted octanol–water partition coefficient (Wildman–Crippen LogP) is 6.68. The third-order valence-electron chi connectivity index (χ3n) is 7.78. The van der Waals surface area contributed by atoms with Crippen LogP contribution >= 0.6 is 11.3 Å². The summed E-state index contributed by atoms with van der Waals surface area (Å²) in [6, 6.07) is 19.1. The molecule has 2 aromatic carbocycles. The molecule has 0 bridgehead atoms. The molecular weight excluding hydrogens is 440 g/mol. The molecule has 5 heteroatoms. The van der Waals surface area contributed by atoms with Gasteiger partial charge in [-0.25, -0.2) is 0 Å². The largest absolute Gasteiger partial charge is 0.349 e. The number of nitrogens with zero attached hydrogens (tertiary/aromatic N) is 1. The van der Waals surface area contributed by atoms with Crippen molar-refractivity contribution in [1.29, 1.82) is 0 Å². The topological polar surface area (TPSA) is 49.4 Å². The monoisotopic (exact) mass is 472 g/mol. The fraction of sp³-hybridized carbons (Fsp3) is 0.379. The van der Waals surface area contributed by atoms with Crippen LogP contribution < -0.4 is 10.2 Å². The van der Waals surface area contributed by atoms with Gasteiger partial charge < -0.3 is 10.2 Å². The van der Waals surface area contributed by atoms with E-state index in [1.807, 2.05) is 32.2 Å². The highest BCUT2D eigenvalue weighted by molar-refractivity contribution is 7.12. The highest BCUT2D eigenvalue weighted by Gasteiger charge is 2.54. The van der Waals surface area contributed by atoms with Crippen molar-refractivity contribution in [3.8, 4) is 11.1 Å². The Kier molecular flexibility index (Phi) is 5.85. The number of thiophene rings is 1. The summed E-state index contributed by atoms with van der Waals surface area (Å²) < 4.78 is 0. The van der Waals surface area contributed by atoms with Gasteiger partial charge >= 0.3 is 0 Å². The first-order chi connectivity index (χ1) is 16.3. The number of benzene rings is 2. The van der Waals surface area contributed by atoms with Gasteiger partial charge in [-0.3, -0.25) is 9.59 Å². The van der Waals surface area contributed by atoms with Crippen molar-refractivity contribution in [3.63, 3.8) is 0 Å². The first-order valence-corrected chi connectivity index (χ1v) is 12.9. The second-order valence-electron chi connectivity index (χ2n) is 10.2. The second kappa shape index (κ2) is 8.70. The number of anilines is 2. The zero-order valence-electron chi connectivity index (χ0n) is 20.4. The quantitative estimate of drug-likeness (QED) is 0.435. The molecule has 1 spiro atoms. The van der Waals surface area contributed by atoms with Crippen LogP contribution in [0.25, 0.3) is 11.1 Å². The molecule has 34 heavy (non-hydrogen) atoms. The molecule has 4 nitrogen and oxygen atoms in total. The first-order valence-electron chi connectivity index (χ1n) is 12.1. The third kappa shape index (κ3) is 4.07. The van der Waals surface area contributed by atoms with Gasteiger partial charge in [0.15, 0.2) is 0 Å². The molecule has 5 rings (SSSR count). The van der Waals surface area contributed by atoms with Crippen LogP contribution in [0.4, 0.5) is 11.4 Å². The summed E-state index contributed by atoms with van der Waals surface area (Å²) in [5, 5.41) is 3.29. The normalized spacial score (nSPS) is 23.2. The third-order valence-corrected chi connectivity index (χ3v) is 8.79. The number of hydrogen-bond acceptors (Lipinski definition) is 4. The molecule has 176 valence electrons. The standard InChI is InChI=1S/C29H32N2O2S/c1-18(32)23-14-29(15-23)16-24(17-29)30-28(33)26-19(2)34-20(3)27(26)31(4)25-12-10-22(11-13-25)21-8-6-5-7-9-21/h5-13,23-24H,14-17H2,1-4H3,(H,30,33). The Labute approximate surface area is 206 Å². The summed E-state index contributed by atoms with van der Waals surface area (Å²) in [6.07, 6.45) is 3.99. The van der Waals surface area contributed by atoms with E-state index in [1.165, 1.54) is 11.1 Å². The van der Waals surface area contributed by atoms with Gasteiger partial charge in [0.1, 0.15) is 5.78 Å². The number of hydrogen-bond donors (Lipinski definition) is 1. The van der Waals surface area contributed by atoms with Gasteiger partial charge in [-0.2, -0.15) is 0 Å². The zero-order chi connectivity index (χ0) is 24.0. The molecule has 0 radical (unpaired) electrons. The minimum absolute atomic E-state index is 0.0203. The summed E-state index contributed by atoms with van der Waals surface area (Å²) >= 11 is 1.68. The predicted molar refractivity (Wildman–Crippen MR) is 140 cm³/mol. The minimum atomic E-state index is 0.0203. The van der Waals surface area contributed by atoms with Crippen LogP contribution in [0.5, 0.6) is 0 Å². The number of rotatable bonds is 6. The lowest BCUT2D eigenvalue weighted by Gasteiger charge is -2.57. The van der Waals surface area contributed by atoms with Gasteiger partial charge in [-0.05, 0) is 75.1 Å². The van der Waals surface area contributed by atoms with Crippen molar-refractivity contribution >= 4 is 34.4 Å². The van der Waals surface area contributed by atoms with Crippen molar-refractivity contribution in [2.45, 2.75) is 52.5 Å². The van der Waals surface area contributed by atoms with E-state index in [0.29, 0.717) is 11.2 Å². The lowest BCUT2D eigenvalue weighted by atomic mass is 9.49. The van der Waals surface area contributed by atoms with Gasteiger partial charge in [0, 0.05) is 34.4 Å². The average molecular weight is 473 g/mol. The number of nitrogens with one attached hydrogen (secondary N) is 1. The summed E-state index contributed by atoms with van der Waals surface area (Å²) in [6.45, 7) is 5.83. The maximum absolute atomic E-state index is 13.4. The smallest absolute Gasteiger partial charge is 0.254 e. The molecule has 2 aliphatic carbocycles. The second-order valence-corrected chi connectivity index (χ2v) is 11.6. The average Bonchev–Trinajstić information content (AvgIpc) is 3.08. The molecule has 1 heterocycles. The van der Waals surface area contributed by atoms with Crippen LogP contribution in [0.1, 0.15) is 52.7 Å². The Morgan fingerprint density at radius 2 is 1.53 bits per heavy atom. The van der Waals surface area contributed by atoms with Crippen molar-refractivity contribution in [2.24, 2.45) is 11.3 Å². The molecule has 1 N–H and O–H groups in total. The summed E-state index contributed by atoms with van der Waals surface area (Å²) in [5.74, 6) is 0.575. The molecule has 1 amide bonds. The molecule has 0 atom stereocenters. The molecule has 0 aliphatic heterocycles. The summed E-state index contributed by atoms with van der Waals surface area (Å²) in [7, 11) is 2.04. The van der Waals surface area contributed by atoms with Crippen molar-refractivity contribution < 1.29 is 9.59 Å². The van der Waals surface area contributed by atoms with E-state index in [2.05, 4.69) is 53.5 Å². The fourth-order valence-corrected chi connectivity index (χ4v) is 7.02. The molecular formula is C29H32N2O2S. The number of carbonyl (C=O) groups excluding carboxylic acids is 2. The summed E-state index contributed by atoms with van der Waals surface area (Å²) in [5.41, 5.74) is 5.50. The lowest BCUT2D eigenvalue weighted by Crippen LogP contribution is -2.57. The number of Topliss-reactive ketones (excluding diaryl/α,β-unsaturated/α-hetero) is 1. The SMILES string of the molecule is CC(=O)C1CC2(CC(NC(=O)c3c(C)sc(C)c3N(C)c3ccc(-c4ccccc4)cc3)C2)C1. The van der Waals surface area contributed by atoms with E-state index < -0.39 is 0 Å². The zero-order valence-corrected chi connectivity index (χ0v) is 21.2. The highest BCUT2D eigenvalue weighted by Crippen LogP contribution is 2.59. The van der Waals surface area contributed by atoms with Gasteiger partial charge in [0.05, 0.1) is 11.3 Å². The van der Waals surface area contributed by atoms with Gasteiger partial charge in [0.25, 0.3) is 5.91 Å². The minimum Gasteiger partial charge on any atom is -0.349 e. The Bertz CT molecular complexity index is 1220. The Morgan fingerprint density at radius 1 is 0.912 bits per heavy atom. The Balaban J connectivity index is 1.30. The lowest BCUT2D eigenvalue weighted by molar-refractivity contribution is -0.134. The van der Waals surface area contributed by atoms with Crippen molar-refractivity contribution in [3.05, 3.63) is 69.9 Å². The van der Waals surface area contributed by atoms with E-state index in [9.17, 15) is 9.59 Å². The molecule has 2 fully saturated rings. The van der Waals surface area contributed by atoms with Gasteiger partial charge in [-0.15, -0.1) is 11.3 Å². The first kappa shape index (κ1) is 22.9. The van der Waals surface area contributed by atoms with Crippen LogP contribution in [0.15, 0.2) is 54.6 Å². The number of ketones is 1. The Hall–Kier alpha value is -2.92. The van der Waals surface area contributed by atoms with Crippen LogP contribution in [-0.4, -0.2) is 24.8 Å². The van der Waals surface area contributed by atoms with Gasteiger partial charge in [-0.1, -0.05) is 42.5 Å². The van der Waals surface area contributed by atoms with Crippen molar-refractivity contribution in [2.75, 3.05) is 11.9 Å². The highest BCUT2D eigenvalue weighted by atomic mass is 32.1. The molecule has 2 saturated carbocycles. The van der Waals surface area contributed by atoms with E-state index in [1.54, 1.807) is 18.3 Å². The fourth-order valence-electron chi connectivity index (χ4n) is 5.93. The van der Waals surface area contributed by atoms with Gasteiger partial charge in [0.2, 0.25) is 0 Å². The summed E-state index contributed by atoms with van der Waals surface area (Å²) in [4.78, 5) is 29.3. The van der Waals surface area contributed by atoms with E-state index in [0.717, 1.165) is 52.4 Å². The van der Waals surface area contributed by atoms with Crippen LogP contribution in [0.2, 0.25) is 0 Å². The van der Waals surface area contributed by atoms with Crippen LogP contribution in [-0.2, 0) is 4.79 Å². The number of carbonyl (C=O) groups is 2. The molecule has 1 aromatic heterocycles. The van der Waals surface area contributed by atoms with Crippen LogP contribution in [0, 0.1) is 25.2 Å². The van der Waals surface area contributed by atoms with E-state index >= 15 is 0 Å². The Morgan fingerprint density at radius 3 is 2.15 bits per heavy atom.